The number of carboxylic acids is 1. The highest BCUT2D eigenvalue weighted by molar-refractivity contribution is 7.18. The number of ether oxygens (including phenoxy) is 1. The lowest BCUT2D eigenvalue weighted by Crippen LogP contribution is -2.16. The summed E-state index contributed by atoms with van der Waals surface area (Å²) >= 11 is 0.918. The van der Waals surface area contributed by atoms with Crippen LogP contribution in [0.25, 0.3) is 11.3 Å². The zero-order valence-corrected chi connectivity index (χ0v) is 11.4. The second kappa shape index (κ2) is 6.27. The highest BCUT2D eigenvalue weighted by Gasteiger charge is 2.19. The molecule has 104 valence electrons. The van der Waals surface area contributed by atoms with E-state index < -0.39 is 5.97 Å². The number of carboxylic acid groups (broad SMARTS) is 1. The minimum absolute atomic E-state index is 0.0870. The number of hydrogen-bond donors (Lipinski definition) is 2. The maximum Gasteiger partial charge on any atom is 0.348 e. The van der Waals surface area contributed by atoms with E-state index in [1.54, 1.807) is 24.3 Å². The standard InChI is InChI=1S/C13H12N2O4S/c1-19-7-9(16)14-13-15-10(11(20-13)12(17)18)8-5-3-2-4-6-8/h2-6H,7H2,1H3,(H,17,18)(H,14,15,16). The van der Waals surface area contributed by atoms with Gasteiger partial charge in [-0.1, -0.05) is 41.7 Å². The summed E-state index contributed by atoms with van der Waals surface area (Å²) < 4.78 is 4.69. The first-order valence-corrected chi connectivity index (χ1v) is 6.51. The van der Waals surface area contributed by atoms with E-state index in [2.05, 4.69) is 10.3 Å². The summed E-state index contributed by atoms with van der Waals surface area (Å²) in [6, 6.07) is 8.95. The molecule has 0 saturated carbocycles. The van der Waals surface area contributed by atoms with Crippen LogP contribution in [0.15, 0.2) is 30.3 Å². The van der Waals surface area contributed by atoms with Gasteiger partial charge in [0.2, 0.25) is 0 Å². The van der Waals surface area contributed by atoms with Crippen LogP contribution in [-0.2, 0) is 9.53 Å². The van der Waals surface area contributed by atoms with Crippen LogP contribution in [0.1, 0.15) is 9.67 Å². The Balaban J connectivity index is 2.34. The van der Waals surface area contributed by atoms with E-state index in [1.165, 1.54) is 7.11 Å². The van der Waals surface area contributed by atoms with Crippen molar-refractivity contribution >= 4 is 28.3 Å². The smallest absolute Gasteiger partial charge is 0.348 e. The van der Waals surface area contributed by atoms with Crippen LogP contribution in [-0.4, -0.2) is 35.7 Å². The molecule has 1 aromatic heterocycles. The number of aromatic carboxylic acids is 1. The summed E-state index contributed by atoms with van der Waals surface area (Å²) in [5.74, 6) is -1.45. The Morgan fingerprint density at radius 2 is 2.05 bits per heavy atom. The number of carbonyl (C=O) groups excluding carboxylic acids is 1. The number of nitrogens with zero attached hydrogens (tertiary/aromatic N) is 1. The SMILES string of the molecule is COCC(=O)Nc1nc(-c2ccccc2)c(C(=O)O)s1. The Bertz CT molecular complexity index is 625. The molecule has 0 unspecified atom stereocenters. The minimum Gasteiger partial charge on any atom is -0.477 e. The fourth-order valence-electron chi connectivity index (χ4n) is 1.60. The quantitative estimate of drug-likeness (QED) is 0.881. The summed E-state index contributed by atoms with van der Waals surface area (Å²) in [7, 11) is 1.40. The molecule has 2 aromatic rings. The predicted octanol–water partition coefficient (Wildman–Crippen LogP) is 2.09. The lowest BCUT2D eigenvalue weighted by atomic mass is 10.1. The molecule has 0 bridgehead atoms. The van der Waals surface area contributed by atoms with Crippen molar-refractivity contribution in [1.82, 2.24) is 4.98 Å². The largest absolute Gasteiger partial charge is 0.477 e. The van der Waals surface area contributed by atoms with Crippen molar-refractivity contribution in [2.24, 2.45) is 0 Å². The molecular formula is C13H12N2O4S. The van der Waals surface area contributed by atoms with Gasteiger partial charge in [-0.15, -0.1) is 0 Å². The lowest BCUT2D eigenvalue weighted by Gasteiger charge is -1.99. The molecule has 1 amide bonds. The third-order valence-corrected chi connectivity index (χ3v) is 3.35. The molecule has 2 N–H and O–H groups in total. The van der Waals surface area contributed by atoms with Gasteiger partial charge in [-0.3, -0.25) is 10.1 Å². The first-order chi connectivity index (χ1) is 9.61. The zero-order chi connectivity index (χ0) is 14.5. The Morgan fingerprint density at radius 1 is 1.35 bits per heavy atom. The van der Waals surface area contributed by atoms with Gasteiger partial charge >= 0.3 is 5.97 Å². The van der Waals surface area contributed by atoms with Gasteiger partial charge in [0.25, 0.3) is 5.91 Å². The van der Waals surface area contributed by atoms with Crippen LogP contribution in [0.5, 0.6) is 0 Å². The third kappa shape index (κ3) is 3.19. The van der Waals surface area contributed by atoms with Gasteiger partial charge < -0.3 is 9.84 Å². The number of benzene rings is 1. The number of amides is 1. The molecule has 7 heteroatoms. The summed E-state index contributed by atoms with van der Waals surface area (Å²) in [6.07, 6.45) is 0. The molecule has 0 atom stereocenters. The van der Waals surface area contributed by atoms with Gasteiger partial charge in [0.05, 0.1) is 5.69 Å². The van der Waals surface area contributed by atoms with Crippen molar-refractivity contribution in [3.63, 3.8) is 0 Å². The van der Waals surface area contributed by atoms with Crippen molar-refractivity contribution in [2.75, 3.05) is 19.0 Å². The normalized spacial score (nSPS) is 10.2. The average Bonchev–Trinajstić information content (AvgIpc) is 2.84. The van der Waals surface area contributed by atoms with Crippen molar-refractivity contribution in [1.29, 1.82) is 0 Å². The maximum atomic E-state index is 11.4. The Kier molecular flexibility index (Phi) is 4.44. The van der Waals surface area contributed by atoms with E-state index >= 15 is 0 Å². The molecule has 0 aliphatic carbocycles. The van der Waals surface area contributed by atoms with E-state index in [9.17, 15) is 14.7 Å². The third-order valence-electron chi connectivity index (χ3n) is 2.39. The number of methoxy groups -OCH3 is 1. The van der Waals surface area contributed by atoms with E-state index in [0.29, 0.717) is 11.3 Å². The van der Waals surface area contributed by atoms with E-state index in [0.717, 1.165) is 11.3 Å². The fraction of sp³-hybridized carbons (Fsp3) is 0.154. The number of carbonyl (C=O) groups is 2. The van der Waals surface area contributed by atoms with Gasteiger partial charge in [-0.05, 0) is 0 Å². The van der Waals surface area contributed by atoms with E-state index in [4.69, 9.17) is 4.74 Å². The van der Waals surface area contributed by atoms with Crippen LogP contribution in [0, 0.1) is 0 Å². The molecule has 0 saturated heterocycles. The molecule has 1 heterocycles. The first-order valence-electron chi connectivity index (χ1n) is 5.70. The van der Waals surface area contributed by atoms with Crippen molar-refractivity contribution < 1.29 is 19.4 Å². The highest BCUT2D eigenvalue weighted by Crippen LogP contribution is 2.31. The summed E-state index contributed by atoms with van der Waals surface area (Å²) in [5.41, 5.74) is 1.03. The maximum absolute atomic E-state index is 11.4. The minimum atomic E-state index is -1.08. The van der Waals surface area contributed by atoms with Crippen molar-refractivity contribution in [3.8, 4) is 11.3 Å². The number of thiazole rings is 1. The molecule has 20 heavy (non-hydrogen) atoms. The Labute approximate surface area is 119 Å². The number of anilines is 1. The number of hydrogen-bond acceptors (Lipinski definition) is 5. The second-order valence-corrected chi connectivity index (χ2v) is 4.85. The second-order valence-electron chi connectivity index (χ2n) is 3.85. The first kappa shape index (κ1) is 14.2. The molecule has 0 aliphatic heterocycles. The van der Waals surface area contributed by atoms with E-state index in [1.807, 2.05) is 6.07 Å². The summed E-state index contributed by atoms with van der Waals surface area (Å²) in [5, 5.41) is 12.0. The monoisotopic (exact) mass is 292 g/mol. The van der Waals surface area contributed by atoms with Gasteiger partial charge in [0, 0.05) is 12.7 Å². The van der Waals surface area contributed by atoms with Gasteiger partial charge in [0.15, 0.2) is 5.13 Å². The number of nitrogens with one attached hydrogen (secondary N) is 1. The molecule has 0 spiro atoms. The average molecular weight is 292 g/mol. The number of rotatable bonds is 5. The lowest BCUT2D eigenvalue weighted by molar-refractivity contribution is -0.119. The molecule has 0 aliphatic rings. The van der Waals surface area contributed by atoms with Crippen LogP contribution >= 0.6 is 11.3 Å². The summed E-state index contributed by atoms with van der Waals surface area (Å²) in [6.45, 7) is -0.108. The molecule has 0 fully saturated rings. The van der Waals surface area contributed by atoms with Gasteiger partial charge in [-0.25, -0.2) is 9.78 Å². The van der Waals surface area contributed by atoms with Gasteiger partial charge in [-0.2, -0.15) is 0 Å². The number of aromatic nitrogens is 1. The molecule has 6 nitrogen and oxygen atoms in total. The molecule has 0 radical (unpaired) electrons. The zero-order valence-electron chi connectivity index (χ0n) is 10.6. The van der Waals surface area contributed by atoms with Crippen LogP contribution in [0.2, 0.25) is 0 Å². The summed E-state index contributed by atoms with van der Waals surface area (Å²) in [4.78, 5) is 26.9. The van der Waals surface area contributed by atoms with Gasteiger partial charge in [0.1, 0.15) is 11.5 Å². The van der Waals surface area contributed by atoms with Crippen molar-refractivity contribution in [2.45, 2.75) is 0 Å². The van der Waals surface area contributed by atoms with Crippen molar-refractivity contribution in [3.05, 3.63) is 35.2 Å². The molecule has 2 rings (SSSR count). The Morgan fingerprint density at radius 3 is 2.65 bits per heavy atom. The Hall–Kier alpha value is -2.25. The molecule has 1 aromatic carbocycles. The topological polar surface area (TPSA) is 88.5 Å². The fourth-order valence-corrected chi connectivity index (χ4v) is 2.44. The van der Waals surface area contributed by atoms with Crippen LogP contribution in [0.3, 0.4) is 0 Å². The predicted molar refractivity (Wildman–Crippen MR) is 75.0 cm³/mol. The highest BCUT2D eigenvalue weighted by atomic mass is 32.1. The molecular weight excluding hydrogens is 280 g/mol. The van der Waals surface area contributed by atoms with E-state index in [-0.39, 0.29) is 22.5 Å². The van der Waals surface area contributed by atoms with Crippen LogP contribution in [0.4, 0.5) is 5.13 Å². The van der Waals surface area contributed by atoms with Crippen LogP contribution < -0.4 is 5.32 Å².